The summed E-state index contributed by atoms with van der Waals surface area (Å²) in [5.74, 6) is 0. The van der Waals surface area contributed by atoms with Crippen molar-refractivity contribution in [1.29, 1.82) is 0 Å². The first-order chi connectivity index (χ1) is 10.0. The van der Waals surface area contributed by atoms with E-state index in [-0.39, 0.29) is 0 Å². The van der Waals surface area contributed by atoms with Crippen molar-refractivity contribution in [2.75, 3.05) is 38.1 Å². The van der Waals surface area contributed by atoms with E-state index >= 15 is 0 Å². The number of nitrogens with zero attached hydrogens (tertiary/aromatic N) is 2. The summed E-state index contributed by atoms with van der Waals surface area (Å²) in [6.07, 6.45) is 1.19. The minimum Gasteiger partial charge on any atom is -0.366 e. The standard InChI is InChI=1S/C17H28ClN3/c1-5-19-14(3)15-7-8-17(16(18)11-15)21-10-6-9-20(4)12-13(21)2/h7-8,11,13-14,19H,5-6,9-10,12H2,1-4H3. The van der Waals surface area contributed by atoms with Crippen molar-refractivity contribution < 1.29 is 0 Å². The fraction of sp³-hybridized carbons (Fsp3) is 0.647. The predicted molar refractivity (Wildman–Crippen MR) is 92.5 cm³/mol. The fourth-order valence-electron chi connectivity index (χ4n) is 3.18. The third kappa shape index (κ3) is 4.12. The number of nitrogens with one attached hydrogen (secondary N) is 1. The van der Waals surface area contributed by atoms with Crippen molar-refractivity contribution >= 4 is 17.3 Å². The Morgan fingerprint density at radius 3 is 2.81 bits per heavy atom. The number of likely N-dealkylation sites (N-methyl/N-ethyl adjacent to an activating group) is 1. The Kier molecular flexibility index (Phi) is 5.91. The maximum atomic E-state index is 6.58. The van der Waals surface area contributed by atoms with Gasteiger partial charge in [-0.05, 0) is 58.1 Å². The van der Waals surface area contributed by atoms with E-state index in [1.807, 2.05) is 0 Å². The Labute approximate surface area is 134 Å². The molecule has 0 amide bonds. The minimum atomic E-state index is 0.342. The van der Waals surface area contributed by atoms with Crippen molar-refractivity contribution in [2.24, 2.45) is 0 Å². The molecule has 2 atom stereocenters. The zero-order valence-corrected chi connectivity index (χ0v) is 14.5. The lowest BCUT2D eigenvalue weighted by atomic mass is 10.1. The molecule has 1 heterocycles. The van der Waals surface area contributed by atoms with Crippen molar-refractivity contribution in [3.05, 3.63) is 28.8 Å². The van der Waals surface area contributed by atoms with Crippen LogP contribution >= 0.6 is 11.6 Å². The van der Waals surface area contributed by atoms with E-state index in [1.54, 1.807) is 0 Å². The molecule has 21 heavy (non-hydrogen) atoms. The maximum Gasteiger partial charge on any atom is 0.0643 e. The van der Waals surface area contributed by atoms with Gasteiger partial charge in [0.25, 0.3) is 0 Å². The molecule has 1 aromatic carbocycles. The van der Waals surface area contributed by atoms with Crippen molar-refractivity contribution in [3.8, 4) is 0 Å². The Morgan fingerprint density at radius 2 is 2.14 bits per heavy atom. The van der Waals surface area contributed by atoms with Gasteiger partial charge in [0, 0.05) is 25.2 Å². The summed E-state index contributed by atoms with van der Waals surface area (Å²) in [5, 5.41) is 4.30. The van der Waals surface area contributed by atoms with Crippen LogP contribution < -0.4 is 10.2 Å². The van der Waals surface area contributed by atoms with Crippen LogP contribution in [0.5, 0.6) is 0 Å². The first kappa shape index (κ1) is 16.6. The molecule has 1 fully saturated rings. The summed E-state index contributed by atoms with van der Waals surface area (Å²) in [6.45, 7) is 10.9. The second-order valence-electron chi connectivity index (χ2n) is 6.15. The molecule has 0 saturated carbocycles. The molecule has 1 aromatic rings. The van der Waals surface area contributed by atoms with Crippen LogP contribution in [0, 0.1) is 0 Å². The van der Waals surface area contributed by atoms with Gasteiger partial charge in [0.15, 0.2) is 0 Å². The lowest BCUT2D eigenvalue weighted by Crippen LogP contribution is -2.38. The van der Waals surface area contributed by atoms with E-state index in [0.717, 1.165) is 31.2 Å². The highest BCUT2D eigenvalue weighted by Gasteiger charge is 2.22. The van der Waals surface area contributed by atoms with Crippen LogP contribution in [0.4, 0.5) is 5.69 Å². The molecule has 1 N–H and O–H groups in total. The van der Waals surface area contributed by atoms with Gasteiger partial charge in [0.1, 0.15) is 0 Å². The largest absolute Gasteiger partial charge is 0.366 e. The summed E-state index contributed by atoms with van der Waals surface area (Å²) in [5.41, 5.74) is 2.43. The van der Waals surface area contributed by atoms with Crippen LogP contribution in [0.15, 0.2) is 18.2 Å². The van der Waals surface area contributed by atoms with E-state index in [4.69, 9.17) is 11.6 Å². The Morgan fingerprint density at radius 1 is 1.38 bits per heavy atom. The van der Waals surface area contributed by atoms with Gasteiger partial charge in [-0.15, -0.1) is 0 Å². The average molecular weight is 310 g/mol. The Hall–Kier alpha value is -0.770. The van der Waals surface area contributed by atoms with Gasteiger partial charge in [0.2, 0.25) is 0 Å². The fourth-order valence-corrected chi connectivity index (χ4v) is 3.48. The van der Waals surface area contributed by atoms with Crippen molar-refractivity contribution in [3.63, 3.8) is 0 Å². The van der Waals surface area contributed by atoms with Gasteiger partial charge < -0.3 is 15.1 Å². The molecule has 0 bridgehead atoms. The third-order valence-electron chi connectivity index (χ3n) is 4.34. The molecule has 118 valence electrons. The zero-order chi connectivity index (χ0) is 15.4. The van der Waals surface area contributed by atoms with Crippen LogP contribution in [-0.2, 0) is 0 Å². The molecule has 0 radical (unpaired) electrons. The van der Waals surface area contributed by atoms with Crippen LogP contribution in [0.1, 0.15) is 38.8 Å². The summed E-state index contributed by atoms with van der Waals surface area (Å²) < 4.78 is 0. The topological polar surface area (TPSA) is 18.5 Å². The molecule has 3 nitrogen and oxygen atoms in total. The molecular formula is C17H28ClN3. The highest BCUT2D eigenvalue weighted by atomic mass is 35.5. The average Bonchev–Trinajstić information content (AvgIpc) is 2.60. The Bertz CT molecular complexity index is 463. The van der Waals surface area contributed by atoms with Crippen molar-refractivity contribution in [2.45, 2.75) is 39.3 Å². The van der Waals surface area contributed by atoms with Crippen LogP contribution in [0.25, 0.3) is 0 Å². The molecule has 4 heteroatoms. The lowest BCUT2D eigenvalue weighted by molar-refractivity contribution is 0.337. The predicted octanol–water partition coefficient (Wildman–Crippen LogP) is 3.54. The van der Waals surface area contributed by atoms with Crippen LogP contribution in [0.3, 0.4) is 0 Å². The molecule has 0 spiro atoms. The number of halogens is 1. The normalized spacial score (nSPS) is 22.1. The van der Waals surface area contributed by atoms with Gasteiger partial charge >= 0.3 is 0 Å². The van der Waals surface area contributed by atoms with Gasteiger partial charge in [-0.2, -0.15) is 0 Å². The number of hydrogen-bond acceptors (Lipinski definition) is 3. The van der Waals surface area contributed by atoms with Crippen LogP contribution in [0.2, 0.25) is 5.02 Å². The molecule has 2 rings (SSSR count). The van der Waals surface area contributed by atoms with Crippen molar-refractivity contribution in [1.82, 2.24) is 10.2 Å². The van der Waals surface area contributed by atoms with Gasteiger partial charge in [-0.3, -0.25) is 0 Å². The van der Waals surface area contributed by atoms with E-state index in [9.17, 15) is 0 Å². The van der Waals surface area contributed by atoms with Crippen LogP contribution in [-0.4, -0.2) is 44.2 Å². The van der Waals surface area contributed by atoms with Gasteiger partial charge in [-0.1, -0.05) is 24.6 Å². The first-order valence-corrected chi connectivity index (χ1v) is 8.38. The van der Waals surface area contributed by atoms with E-state index < -0.39 is 0 Å². The first-order valence-electron chi connectivity index (χ1n) is 8.01. The second-order valence-corrected chi connectivity index (χ2v) is 6.56. The number of hydrogen-bond donors (Lipinski definition) is 1. The highest BCUT2D eigenvalue weighted by Crippen LogP contribution is 2.31. The molecule has 0 aromatic heterocycles. The molecule has 2 unspecified atom stereocenters. The molecular weight excluding hydrogens is 282 g/mol. The molecule has 0 aliphatic carbocycles. The third-order valence-corrected chi connectivity index (χ3v) is 4.64. The Balaban J connectivity index is 2.19. The van der Waals surface area contributed by atoms with E-state index in [0.29, 0.717) is 12.1 Å². The molecule has 1 aliphatic rings. The number of rotatable bonds is 4. The number of anilines is 1. The zero-order valence-electron chi connectivity index (χ0n) is 13.7. The smallest absolute Gasteiger partial charge is 0.0643 e. The quantitative estimate of drug-likeness (QED) is 0.918. The van der Waals surface area contributed by atoms with E-state index in [2.05, 4.69) is 61.1 Å². The monoisotopic (exact) mass is 309 g/mol. The molecule has 1 saturated heterocycles. The lowest BCUT2D eigenvalue weighted by Gasteiger charge is -2.31. The second kappa shape index (κ2) is 7.48. The molecule has 1 aliphatic heterocycles. The van der Waals surface area contributed by atoms with Gasteiger partial charge in [0.05, 0.1) is 10.7 Å². The SMILES string of the molecule is CCNC(C)c1ccc(N2CCCN(C)CC2C)c(Cl)c1. The van der Waals surface area contributed by atoms with Gasteiger partial charge in [-0.25, -0.2) is 0 Å². The highest BCUT2D eigenvalue weighted by molar-refractivity contribution is 6.33. The summed E-state index contributed by atoms with van der Waals surface area (Å²) >= 11 is 6.58. The summed E-state index contributed by atoms with van der Waals surface area (Å²) in [7, 11) is 2.20. The number of benzene rings is 1. The summed E-state index contributed by atoms with van der Waals surface area (Å²) in [6, 6.07) is 7.34. The maximum absolute atomic E-state index is 6.58. The van der Waals surface area contributed by atoms with E-state index in [1.165, 1.54) is 17.7 Å². The summed E-state index contributed by atoms with van der Waals surface area (Å²) in [4.78, 5) is 4.85. The minimum absolute atomic E-state index is 0.342.